The van der Waals surface area contributed by atoms with Gasteiger partial charge in [-0.3, -0.25) is 4.90 Å². The summed E-state index contributed by atoms with van der Waals surface area (Å²) in [4.78, 5) is 2.52. The Morgan fingerprint density at radius 2 is 2.11 bits per heavy atom. The number of nitriles is 1. The molecule has 2 rings (SSSR count). The molecule has 1 heterocycles. The first-order valence-corrected chi connectivity index (χ1v) is 6.80. The summed E-state index contributed by atoms with van der Waals surface area (Å²) < 4.78 is 0. The Kier molecular flexibility index (Phi) is 4.04. The highest BCUT2D eigenvalue weighted by Gasteiger charge is 2.22. The SMILES string of the molecule is CC1(C)CCCN(Cc2cccc(C#N)c2)CC1. The van der Waals surface area contributed by atoms with Gasteiger partial charge in [0.1, 0.15) is 0 Å². The van der Waals surface area contributed by atoms with E-state index < -0.39 is 0 Å². The molecule has 1 fully saturated rings. The van der Waals surface area contributed by atoms with E-state index in [1.165, 1.54) is 37.9 Å². The summed E-state index contributed by atoms with van der Waals surface area (Å²) in [6, 6.07) is 10.2. The summed E-state index contributed by atoms with van der Waals surface area (Å²) >= 11 is 0. The van der Waals surface area contributed by atoms with Gasteiger partial charge in [0, 0.05) is 6.54 Å². The van der Waals surface area contributed by atoms with Gasteiger partial charge in [-0.05, 0) is 55.5 Å². The van der Waals surface area contributed by atoms with Crippen LogP contribution in [0.15, 0.2) is 24.3 Å². The Labute approximate surface area is 110 Å². The van der Waals surface area contributed by atoms with Crippen molar-refractivity contribution in [3.05, 3.63) is 35.4 Å². The average molecular weight is 242 g/mol. The summed E-state index contributed by atoms with van der Waals surface area (Å²) in [5.74, 6) is 0. The fraction of sp³-hybridized carbons (Fsp3) is 0.562. The van der Waals surface area contributed by atoms with E-state index in [1.54, 1.807) is 0 Å². The predicted molar refractivity (Wildman–Crippen MR) is 74.1 cm³/mol. The van der Waals surface area contributed by atoms with Crippen LogP contribution in [0.4, 0.5) is 0 Å². The molecule has 0 N–H and O–H groups in total. The number of hydrogen-bond acceptors (Lipinski definition) is 2. The molecule has 1 aliphatic heterocycles. The second-order valence-electron chi connectivity index (χ2n) is 6.11. The van der Waals surface area contributed by atoms with Crippen LogP contribution >= 0.6 is 0 Å². The Bertz CT molecular complexity index is 443. The van der Waals surface area contributed by atoms with Crippen molar-refractivity contribution in [3.63, 3.8) is 0 Å². The molecule has 18 heavy (non-hydrogen) atoms. The molecule has 0 aliphatic carbocycles. The van der Waals surface area contributed by atoms with Gasteiger partial charge in [0.05, 0.1) is 11.6 Å². The summed E-state index contributed by atoms with van der Waals surface area (Å²) in [7, 11) is 0. The second-order valence-corrected chi connectivity index (χ2v) is 6.11. The van der Waals surface area contributed by atoms with Gasteiger partial charge in [-0.2, -0.15) is 5.26 Å². The van der Waals surface area contributed by atoms with Crippen LogP contribution in [0.2, 0.25) is 0 Å². The van der Waals surface area contributed by atoms with Crippen LogP contribution in [0.25, 0.3) is 0 Å². The summed E-state index contributed by atoms with van der Waals surface area (Å²) in [5, 5.41) is 8.92. The molecule has 2 nitrogen and oxygen atoms in total. The minimum Gasteiger partial charge on any atom is -0.299 e. The summed E-state index contributed by atoms with van der Waals surface area (Å²) in [6.07, 6.45) is 3.87. The highest BCUT2D eigenvalue weighted by atomic mass is 15.1. The molecule has 0 bridgehead atoms. The number of nitrogens with zero attached hydrogens (tertiary/aromatic N) is 2. The molecule has 0 amide bonds. The van der Waals surface area contributed by atoms with Crippen molar-refractivity contribution in [3.8, 4) is 6.07 Å². The number of rotatable bonds is 2. The highest BCUT2D eigenvalue weighted by Crippen LogP contribution is 2.30. The lowest BCUT2D eigenvalue weighted by molar-refractivity contribution is 0.256. The Hall–Kier alpha value is -1.33. The first-order valence-electron chi connectivity index (χ1n) is 6.80. The largest absolute Gasteiger partial charge is 0.299 e. The molecule has 1 aliphatic rings. The van der Waals surface area contributed by atoms with Crippen molar-refractivity contribution in [2.45, 2.75) is 39.7 Å². The molecule has 0 atom stereocenters. The molecule has 0 saturated carbocycles. The van der Waals surface area contributed by atoms with E-state index in [1.807, 2.05) is 18.2 Å². The summed E-state index contributed by atoms with van der Waals surface area (Å²) in [5.41, 5.74) is 2.51. The Morgan fingerprint density at radius 3 is 2.89 bits per heavy atom. The van der Waals surface area contributed by atoms with Gasteiger partial charge >= 0.3 is 0 Å². The molecule has 1 aromatic carbocycles. The van der Waals surface area contributed by atoms with Crippen LogP contribution in [0.1, 0.15) is 44.2 Å². The van der Waals surface area contributed by atoms with Crippen molar-refractivity contribution in [2.75, 3.05) is 13.1 Å². The van der Waals surface area contributed by atoms with Crippen LogP contribution in [-0.2, 0) is 6.54 Å². The number of likely N-dealkylation sites (tertiary alicyclic amines) is 1. The minimum atomic E-state index is 0.489. The first-order chi connectivity index (χ1) is 8.59. The molecule has 1 aromatic rings. The standard InChI is InChI=1S/C16H22N2/c1-16(2)7-4-9-18(10-8-16)13-15-6-3-5-14(11-15)12-17/h3,5-6,11H,4,7-10,13H2,1-2H3. The molecule has 0 aromatic heterocycles. The van der Waals surface area contributed by atoms with E-state index in [-0.39, 0.29) is 0 Å². The smallest absolute Gasteiger partial charge is 0.0991 e. The van der Waals surface area contributed by atoms with E-state index in [4.69, 9.17) is 5.26 Å². The van der Waals surface area contributed by atoms with Gasteiger partial charge in [-0.15, -0.1) is 0 Å². The molecule has 96 valence electrons. The van der Waals surface area contributed by atoms with Gasteiger partial charge in [-0.25, -0.2) is 0 Å². The van der Waals surface area contributed by atoms with E-state index in [2.05, 4.69) is 30.9 Å². The third kappa shape index (κ3) is 3.58. The lowest BCUT2D eigenvalue weighted by Gasteiger charge is -2.23. The molecular formula is C16H22N2. The fourth-order valence-electron chi connectivity index (χ4n) is 2.63. The normalized spacial score (nSPS) is 20.1. The monoisotopic (exact) mass is 242 g/mol. The zero-order chi connectivity index (χ0) is 13.0. The molecule has 0 spiro atoms. The number of benzene rings is 1. The van der Waals surface area contributed by atoms with Crippen LogP contribution in [0.3, 0.4) is 0 Å². The predicted octanol–water partition coefficient (Wildman–Crippen LogP) is 3.57. The average Bonchev–Trinajstić information content (AvgIpc) is 2.51. The molecule has 0 radical (unpaired) electrons. The lowest BCUT2D eigenvalue weighted by atomic mass is 9.85. The number of hydrogen-bond donors (Lipinski definition) is 0. The zero-order valence-electron chi connectivity index (χ0n) is 11.4. The highest BCUT2D eigenvalue weighted by molar-refractivity contribution is 5.32. The minimum absolute atomic E-state index is 0.489. The van der Waals surface area contributed by atoms with Crippen molar-refractivity contribution >= 4 is 0 Å². The van der Waals surface area contributed by atoms with Crippen LogP contribution in [-0.4, -0.2) is 18.0 Å². The first kappa shape index (κ1) is 13.1. The molecule has 1 saturated heterocycles. The maximum atomic E-state index is 8.92. The quantitative estimate of drug-likeness (QED) is 0.792. The van der Waals surface area contributed by atoms with Gasteiger partial charge in [-0.1, -0.05) is 26.0 Å². The van der Waals surface area contributed by atoms with Crippen LogP contribution in [0.5, 0.6) is 0 Å². The van der Waals surface area contributed by atoms with Crippen molar-refractivity contribution < 1.29 is 0 Å². The van der Waals surface area contributed by atoms with Crippen molar-refractivity contribution in [1.29, 1.82) is 5.26 Å². The maximum Gasteiger partial charge on any atom is 0.0991 e. The lowest BCUT2D eigenvalue weighted by Crippen LogP contribution is -2.25. The van der Waals surface area contributed by atoms with Crippen molar-refractivity contribution in [1.82, 2.24) is 4.90 Å². The van der Waals surface area contributed by atoms with Crippen LogP contribution in [0, 0.1) is 16.7 Å². The van der Waals surface area contributed by atoms with Crippen LogP contribution < -0.4 is 0 Å². The van der Waals surface area contributed by atoms with E-state index in [0.29, 0.717) is 5.41 Å². The molecular weight excluding hydrogens is 220 g/mol. The zero-order valence-corrected chi connectivity index (χ0v) is 11.4. The maximum absolute atomic E-state index is 8.92. The van der Waals surface area contributed by atoms with E-state index in [9.17, 15) is 0 Å². The second kappa shape index (κ2) is 5.54. The third-order valence-corrected chi connectivity index (χ3v) is 3.89. The molecule has 2 heteroatoms. The fourth-order valence-corrected chi connectivity index (χ4v) is 2.63. The topological polar surface area (TPSA) is 27.0 Å². The van der Waals surface area contributed by atoms with Gasteiger partial charge < -0.3 is 0 Å². The van der Waals surface area contributed by atoms with Gasteiger partial charge in [0.25, 0.3) is 0 Å². The van der Waals surface area contributed by atoms with Gasteiger partial charge in [0.2, 0.25) is 0 Å². The Balaban J connectivity index is 1.99. The summed E-state index contributed by atoms with van der Waals surface area (Å²) in [6.45, 7) is 8.06. The van der Waals surface area contributed by atoms with Gasteiger partial charge in [0.15, 0.2) is 0 Å². The third-order valence-electron chi connectivity index (χ3n) is 3.89. The Morgan fingerprint density at radius 1 is 1.28 bits per heavy atom. The molecule has 0 unspecified atom stereocenters. The van der Waals surface area contributed by atoms with E-state index >= 15 is 0 Å². The van der Waals surface area contributed by atoms with Crippen molar-refractivity contribution in [2.24, 2.45) is 5.41 Å². The van der Waals surface area contributed by atoms with E-state index in [0.717, 1.165) is 12.1 Å².